The van der Waals surface area contributed by atoms with Gasteiger partial charge in [0.05, 0.1) is 0 Å². The number of benzene rings is 2. The fourth-order valence-corrected chi connectivity index (χ4v) is 5.50. The molecule has 8 nitrogen and oxygen atoms in total. The van der Waals surface area contributed by atoms with Crippen molar-refractivity contribution in [2.24, 2.45) is 0 Å². The van der Waals surface area contributed by atoms with Crippen molar-refractivity contribution < 1.29 is 27.9 Å². The van der Waals surface area contributed by atoms with E-state index in [2.05, 4.69) is 15.0 Å². The molecule has 0 amide bonds. The van der Waals surface area contributed by atoms with Gasteiger partial charge in [-0.1, -0.05) is 32.1 Å². The van der Waals surface area contributed by atoms with Crippen LogP contribution in [0.15, 0.2) is 70.0 Å². The minimum Gasteiger partial charge on any atom is -0.477 e. The topological polar surface area (TPSA) is 129 Å². The number of halogens is 2. The minimum atomic E-state index is -1.17. The lowest BCUT2D eigenvalue weighted by atomic mass is 9.93. The SMILES string of the molecule is CCc1cc2c(C3=CC=CCC3=O)c(C(=O)O)[nH]c2cc1F.CCc1cc2c(cc1F)[nH]c1c(=O)oc3ncccc3c12. The summed E-state index contributed by atoms with van der Waals surface area (Å²) in [5, 5.41) is 12.3. The lowest BCUT2D eigenvalue weighted by molar-refractivity contribution is -0.113. The lowest BCUT2D eigenvalue weighted by Crippen LogP contribution is -2.08. The van der Waals surface area contributed by atoms with Crippen molar-refractivity contribution in [2.45, 2.75) is 33.1 Å². The molecule has 0 radical (unpaired) electrons. The number of aromatic nitrogens is 3. The summed E-state index contributed by atoms with van der Waals surface area (Å²) in [4.78, 5) is 45.5. The molecule has 4 heterocycles. The average molecular weight is 582 g/mol. The van der Waals surface area contributed by atoms with E-state index < -0.39 is 11.6 Å². The zero-order chi connectivity index (χ0) is 30.4. The number of hydrogen-bond donors (Lipinski definition) is 3. The van der Waals surface area contributed by atoms with Crippen molar-refractivity contribution in [3.63, 3.8) is 0 Å². The van der Waals surface area contributed by atoms with Crippen LogP contribution >= 0.6 is 0 Å². The number of carboxylic acids is 1. The van der Waals surface area contributed by atoms with Gasteiger partial charge >= 0.3 is 11.6 Å². The molecule has 216 valence electrons. The zero-order valence-corrected chi connectivity index (χ0v) is 23.2. The molecule has 2 aromatic carbocycles. The van der Waals surface area contributed by atoms with Crippen molar-refractivity contribution in [2.75, 3.05) is 0 Å². The zero-order valence-electron chi connectivity index (χ0n) is 23.2. The molecule has 1 aliphatic carbocycles. The molecule has 6 aromatic rings. The standard InChI is InChI=1S/C17H14FNO3.C16H11FN2O2/c1-2-9-7-11-13(8-12(9)18)19-16(17(21)22)15(11)10-5-3-4-6-14(10)20;1-2-8-6-10-12(7-11(8)17)19-14-13(10)9-4-3-5-18-15(9)21-16(14)20/h3-5,7-8,19H,2,6H2,1H3,(H,21,22);3-7,19H,2H2,1H3. The number of rotatable bonds is 4. The number of aromatic amines is 2. The lowest BCUT2D eigenvalue weighted by Gasteiger charge is -2.09. The summed E-state index contributed by atoms with van der Waals surface area (Å²) < 4.78 is 33.0. The normalized spacial score (nSPS) is 13.1. The Balaban J connectivity index is 0.000000153. The van der Waals surface area contributed by atoms with Crippen LogP contribution in [0, 0.1) is 11.6 Å². The molecule has 43 heavy (non-hydrogen) atoms. The number of fused-ring (bicyclic) bond motifs is 6. The van der Waals surface area contributed by atoms with Gasteiger partial charge in [0.2, 0.25) is 5.71 Å². The van der Waals surface area contributed by atoms with Gasteiger partial charge in [-0.05, 0) is 60.4 Å². The molecule has 0 atom stereocenters. The second-order valence-corrected chi connectivity index (χ2v) is 10.1. The number of hydrogen-bond acceptors (Lipinski definition) is 5. The van der Waals surface area contributed by atoms with Crippen molar-refractivity contribution in [1.29, 1.82) is 0 Å². The van der Waals surface area contributed by atoms with Gasteiger partial charge in [0.1, 0.15) is 22.8 Å². The number of H-pyrrole nitrogens is 2. The number of Topliss-reactive ketones (excluding diaryl/α,β-unsaturated/α-hetero) is 1. The van der Waals surface area contributed by atoms with Crippen molar-refractivity contribution in [3.05, 3.63) is 105 Å². The fourth-order valence-electron chi connectivity index (χ4n) is 5.50. The number of aryl methyl sites for hydroxylation is 2. The molecule has 10 heteroatoms. The van der Waals surface area contributed by atoms with E-state index >= 15 is 0 Å². The number of allylic oxidation sites excluding steroid dienone is 4. The maximum Gasteiger partial charge on any atom is 0.362 e. The monoisotopic (exact) mass is 581 g/mol. The highest BCUT2D eigenvalue weighted by molar-refractivity contribution is 6.27. The highest BCUT2D eigenvalue weighted by Crippen LogP contribution is 2.34. The van der Waals surface area contributed by atoms with Crippen molar-refractivity contribution >= 4 is 61.1 Å². The third-order valence-corrected chi connectivity index (χ3v) is 7.61. The first kappa shape index (κ1) is 27.8. The quantitative estimate of drug-likeness (QED) is 0.206. The van der Waals surface area contributed by atoms with Gasteiger partial charge in [-0.3, -0.25) is 4.79 Å². The van der Waals surface area contributed by atoms with E-state index in [1.54, 1.807) is 42.6 Å². The predicted molar refractivity (Wildman–Crippen MR) is 160 cm³/mol. The molecule has 0 spiro atoms. The number of nitrogens with zero attached hydrogens (tertiary/aromatic N) is 1. The summed E-state index contributed by atoms with van der Waals surface area (Å²) in [5.74, 6) is -1.98. The van der Waals surface area contributed by atoms with Crippen molar-refractivity contribution in [3.8, 4) is 0 Å². The Bertz CT molecular complexity index is 2240. The molecule has 4 aromatic heterocycles. The van der Waals surface area contributed by atoms with Gasteiger partial charge in [-0.2, -0.15) is 0 Å². The highest BCUT2D eigenvalue weighted by atomic mass is 19.1. The van der Waals surface area contributed by atoms with E-state index in [9.17, 15) is 28.3 Å². The second-order valence-electron chi connectivity index (χ2n) is 10.1. The van der Waals surface area contributed by atoms with Crippen LogP contribution in [0.2, 0.25) is 0 Å². The first-order valence-corrected chi connectivity index (χ1v) is 13.7. The van der Waals surface area contributed by atoms with Gasteiger partial charge in [-0.15, -0.1) is 0 Å². The Labute approximate surface area is 242 Å². The Hall–Kier alpha value is -5.38. The number of carbonyl (C=O) groups is 2. The summed E-state index contributed by atoms with van der Waals surface area (Å²) in [6.45, 7) is 3.72. The van der Waals surface area contributed by atoms with Crippen LogP contribution < -0.4 is 5.63 Å². The Morgan fingerprint density at radius 1 is 0.977 bits per heavy atom. The molecule has 0 saturated heterocycles. The van der Waals surface area contributed by atoms with E-state index in [0.717, 1.165) is 16.2 Å². The van der Waals surface area contributed by atoms with Gasteiger partial charge in [-0.25, -0.2) is 23.4 Å². The van der Waals surface area contributed by atoms with Crippen LogP contribution in [-0.2, 0) is 17.6 Å². The third kappa shape index (κ3) is 4.70. The largest absolute Gasteiger partial charge is 0.477 e. The van der Waals surface area contributed by atoms with E-state index in [1.165, 1.54) is 12.1 Å². The molecule has 0 unspecified atom stereocenters. The third-order valence-electron chi connectivity index (χ3n) is 7.61. The summed E-state index contributed by atoms with van der Waals surface area (Å²) in [5.41, 5.74) is 2.82. The number of ketones is 1. The van der Waals surface area contributed by atoms with E-state index in [4.69, 9.17) is 4.42 Å². The summed E-state index contributed by atoms with van der Waals surface area (Å²) in [7, 11) is 0. The number of pyridine rings is 1. The number of nitrogens with one attached hydrogen (secondary N) is 2. The molecule has 3 N–H and O–H groups in total. The van der Waals surface area contributed by atoms with Crippen LogP contribution in [0.5, 0.6) is 0 Å². The molecule has 7 rings (SSSR count). The Kier molecular flexibility index (Phi) is 6.97. The minimum absolute atomic E-state index is 0.0856. The fraction of sp³-hybridized carbons (Fsp3) is 0.152. The number of aromatic carboxylic acids is 1. The molecule has 0 saturated carbocycles. The van der Waals surface area contributed by atoms with E-state index in [-0.39, 0.29) is 29.5 Å². The van der Waals surface area contributed by atoms with Gasteiger partial charge in [0.15, 0.2) is 5.78 Å². The molecule has 0 fully saturated rings. The van der Waals surface area contributed by atoms with Crippen LogP contribution in [0.3, 0.4) is 0 Å². The predicted octanol–water partition coefficient (Wildman–Crippen LogP) is 7.00. The van der Waals surface area contributed by atoms with E-state index in [1.807, 2.05) is 19.9 Å². The Morgan fingerprint density at radius 2 is 1.65 bits per heavy atom. The van der Waals surface area contributed by atoms with Gasteiger partial charge in [0.25, 0.3) is 0 Å². The Morgan fingerprint density at radius 3 is 2.30 bits per heavy atom. The molecular formula is C33H25F2N3O5. The smallest absolute Gasteiger partial charge is 0.362 e. The molecule has 0 aliphatic heterocycles. The summed E-state index contributed by atoms with van der Waals surface area (Å²) in [6, 6.07) is 9.75. The molecule has 0 bridgehead atoms. The van der Waals surface area contributed by atoms with Crippen LogP contribution in [0.1, 0.15) is 47.4 Å². The second kappa shape index (κ2) is 10.8. The van der Waals surface area contributed by atoms with Crippen LogP contribution in [0.25, 0.3) is 49.4 Å². The summed E-state index contributed by atoms with van der Waals surface area (Å²) in [6.07, 6.45) is 7.94. The van der Waals surface area contributed by atoms with Gasteiger partial charge < -0.3 is 19.5 Å². The first-order chi connectivity index (χ1) is 20.7. The number of carboxylic acid groups (broad SMARTS) is 1. The maximum absolute atomic E-state index is 13.9. The average Bonchev–Trinajstić information content (AvgIpc) is 3.55. The summed E-state index contributed by atoms with van der Waals surface area (Å²) >= 11 is 0. The maximum atomic E-state index is 13.9. The number of carbonyl (C=O) groups excluding carboxylic acids is 1. The molecular weight excluding hydrogens is 556 g/mol. The molecule has 1 aliphatic rings. The van der Waals surface area contributed by atoms with Gasteiger partial charge in [0, 0.05) is 56.3 Å². The highest BCUT2D eigenvalue weighted by Gasteiger charge is 2.25. The van der Waals surface area contributed by atoms with E-state index in [0.29, 0.717) is 62.8 Å². The first-order valence-electron chi connectivity index (χ1n) is 13.7. The van der Waals surface area contributed by atoms with Crippen LogP contribution in [0.4, 0.5) is 8.78 Å². The van der Waals surface area contributed by atoms with Crippen molar-refractivity contribution in [1.82, 2.24) is 15.0 Å². The van der Waals surface area contributed by atoms with Crippen LogP contribution in [-0.4, -0.2) is 31.8 Å².